The first kappa shape index (κ1) is 9.96. The van der Waals surface area contributed by atoms with Crippen LogP contribution in [0.1, 0.15) is 20.3 Å². The first-order valence-electron chi connectivity index (χ1n) is 4.57. The van der Waals surface area contributed by atoms with Gasteiger partial charge in [-0.1, -0.05) is 0 Å². The van der Waals surface area contributed by atoms with Crippen molar-refractivity contribution in [1.29, 1.82) is 0 Å². The van der Waals surface area contributed by atoms with Gasteiger partial charge < -0.3 is 14.6 Å². The maximum absolute atomic E-state index is 9.59. The van der Waals surface area contributed by atoms with Crippen LogP contribution in [0.4, 0.5) is 0 Å². The summed E-state index contributed by atoms with van der Waals surface area (Å²) in [5, 5.41) is 9.59. The van der Waals surface area contributed by atoms with Crippen molar-refractivity contribution < 1.29 is 14.6 Å². The molecule has 0 aromatic heterocycles. The number of ether oxygens (including phenoxy) is 2. The van der Waals surface area contributed by atoms with Gasteiger partial charge in [-0.3, -0.25) is 0 Å². The molecule has 0 bridgehead atoms. The van der Waals surface area contributed by atoms with Crippen molar-refractivity contribution in [2.75, 3.05) is 19.8 Å². The molecular weight excluding hydrogens is 156 g/mol. The summed E-state index contributed by atoms with van der Waals surface area (Å²) in [5.41, 5.74) is 0. The highest BCUT2D eigenvalue weighted by molar-refractivity contribution is 4.72. The minimum absolute atomic E-state index is 0.196. The number of rotatable bonds is 4. The Morgan fingerprint density at radius 2 is 2.33 bits per heavy atom. The lowest BCUT2D eigenvalue weighted by Crippen LogP contribution is -2.27. The van der Waals surface area contributed by atoms with E-state index in [0.717, 1.165) is 13.0 Å². The number of hydrogen-bond acceptors (Lipinski definition) is 3. The maximum Gasteiger partial charge on any atom is 0.0824 e. The molecule has 0 spiro atoms. The first-order valence-corrected chi connectivity index (χ1v) is 4.57. The molecule has 2 atom stereocenters. The molecule has 1 rings (SSSR count). The van der Waals surface area contributed by atoms with Crippen LogP contribution in [0.3, 0.4) is 0 Å². The van der Waals surface area contributed by atoms with E-state index in [-0.39, 0.29) is 18.1 Å². The van der Waals surface area contributed by atoms with Crippen molar-refractivity contribution >= 4 is 0 Å². The summed E-state index contributed by atoms with van der Waals surface area (Å²) < 4.78 is 10.5. The van der Waals surface area contributed by atoms with Crippen molar-refractivity contribution in [3.63, 3.8) is 0 Å². The third-order valence-electron chi connectivity index (χ3n) is 2.11. The molecule has 1 N–H and O–H groups in total. The minimum atomic E-state index is -0.352. The maximum atomic E-state index is 9.59. The Morgan fingerprint density at radius 1 is 1.58 bits per heavy atom. The Hall–Kier alpha value is -0.120. The van der Waals surface area contributed by atoms with Gasteiger partial charge >= 0.3 is 0 Å². The fraction of sp³-hybridized carbons (Fsp3) is 1.00. The zero-order valence-corrected chi connectivity index (χ0v) is 7.82. The van der Waals surface area contributed by atoms with Crippen molar-refractivity contribution in [2.24, 2.45) is 5.92 Å². The van der Waals surface area contributed by atoms with E-state index in [1.54, 1.807) is 0 Å². The Balaban J connectivity index is 2.13. The Labute approximate surface area is 73.7 Å². The largest absolute Gasteiger partial charge is 0.390 e. The second kappa shape index (κ2) is 4.80. The summed E-state index contributed by atoms with van der Waals surface area (Å²) in [4.78, 5) is 0. The highest BCUT2D eigenvalue weighted by atomic mass is 16.5. The van der Waals surface area contributed by atoms with E-state index in [4.69, 9.17) is 9.47 Å². The molecular formula is C9H18O3. The van der Waals surface area contributed by atoms with Crippen LogP contribution in [0, 0.1) is 5.92 Å². The van der Waals surface area contributed by atoms with Crippen molar-refractivity contribution in [3.05, 3.63) is 0 Å². The van der Waals surface area contributed by atoms with Crippen molar-refractivity contribution in [3.8, 4) is 0 Å². The Morgan fingerprint density at radius 3 is 2.83 bits per heavy atom. The number of aliphatic hydroxyl groups is 1. The van der Waals surface area contributed by atoms with Crippen LogP contribution in [-0.4, -0.2) is 37.1 Å². The highest BCUT2D eigenvalue weighted by Crippen LogP contribution is 2.16. The van der Waals surface area contributed by atoms with E-state index in [0.29, 0.717) is 13.2 Å². The van der Waals surface area contributed by atoms with Gasteiger partial charge in [-0.2, -0.15) is 0 Å². The molecule has 1 saturated heterocycles. The highest BCUT2D eigenvalue weighted by Gasteiger charge is 2.23. The predicted octanol–water partition coefficient (Wildman–Crippen LogP) is 0.809. The van der Waals surface area contributed by atoms with E-state index in [9.17, 15) is 5.11 Å². The summed E-state index contributed by atoms with van der Waals surface area (Å²) in [6.07, 6.45) is 0.805. The fourth-order valence-electron chi connectivity index (χ4n) is 1.28. The molecule has 0 amide bonds. The van der Waals surface area contributed by atoms with E-state index in [1.165, 1.54) is 0 Å². The van der Waals surface area contributed by atoms with Crippen LogP contribution in [0.5, 0.6) is 0 Å². The van der Waals surface area contributed by atoms with Gasteiger partial charge in [-0.25, -0.2) is 0 Å². The van der Waals surface area contributed by atoms with Gasteiger partial charge in [-0.05, 0) is 20.3 Å². The quantitative estimate of drug-likeness (QED) is 0.685. The first-order chi connectivity index (χ1) is 5.70. The summed E-state index contributed by atoms with van der Waals surface area (Å²) >= 11 is 0. The van der Waals surface area contributed by atoms with Crippen LogP contribution in [0.15, 0.2) is 0 Å². The number of aliphatic hydroxyl groups excluding tert-OH is 1. The van der Waals surface area contributed by atoms with Gasteiger partial charge in [0.15, 0.2) is 0 Å². The van der Waals surface area contributed by atoms with Gasteiger partial charge in [0.1, 0.15) is 0 Å². The molecule has 72 valence electrons. The standard InChI is InChI=1S/C9H18O3/c1-7(2)12-6-9(10)8-3-4-11-5-8/h7-10H,3-6H2,1-2H3. The monoisotopic (exact) mass is 174 g/mol. The third kappa shape index (κ3) is 3.09. The lowest BCUT2D eigenvalue weighted by Gasteiger charge is -2.17. The lowest BCUT2D eigenvalue weighted by atomic mass is 10.0. The molecule has 1 aliphatic heterocycles. The molecule has 0 saturated carbocycles. The zero-order chi connectivity index (χ0) is 8.97. The number of hydrogen-bond donors (Lipinski definition) is 1. The molecule has 0 aliphatic carbocycles. The molecule has 0 aromatic rings. The summed E-state index contributed by atoms with van der Waals surface area (Å²) in [5.74, 6) is 0.281. The lowest BCUT2D eigenvalue weighted by molar-refractivity contribution is -0.0208. The van der Waals surface area contributed by atoms with Crippen LogP contribution < -0.4 is 0 Å². The minimum Gasteiger partial charge on any atom is -0.390 e. The smallest absolute Gasteiger partial charge is 0.0824 e. The summed E-state index contributed by atoms with van der Waals surface area (Å²) in [6, 6.07) is 0. The molecule has 1 aliphatic rings. The molecule has 12 heavy (non-hydrogen) atoms. The molecule has 0 aromatic carbocycles. The molecule has 1 heterocycles. The molecule has 0 radical (unpaired) electrons. The third-order valence-corrected chi connectivity index (χ3v) is 2.11. The summed E-state index contributed by atoms with van der Waals surface area (Å²) in [7, 11) is 0. The SMILES string of the molecule is CC(C)OCC(O)C1CCOC1. The van der Waals surface area contributed by atoms with Crippen LogP contribution in [0.2, 0.25) is 0 Å². The second-order valence-corrected chi connectivity index (χ2v) is 3.57. The average Bonchev–Trinajstić information content (AvgIpc) is 2.51. The van der Waals surface area contributed by atoms with Gasteiger partial charge in [0.2, 0.25) is 0 Å². The van der Waals surface area contributed by atoms with Gasteiger partial charge in [0, 0.05) is 12.5 Å². The van der Waals surface area contributed by atoms with E-state index in [1.807, 2.05) is 13.8 Å². The Bertz CT molecular complexity index is 119. The summed E-state index contributed by atoms with van der Waals surface area (Å²) in [6.45, 7) is 5.84. The van der Waals surface area contributed by atoms with Crippen molar-refractivity contribution in [2.45, 2.75) is 32.5 Å². The molecule has 2 unspecified atom stereocenters. The van der Waals surface area contributed by atoms with Crippen LogP contribution in [0.25, 0.3) is 0 Å². The van der Waals surface area contributed by atoms with Gasteiger partial charge in [0.25, 0.3) is 0 Å². The molecule has 3 heteroatoms. The van der Waals surface area contributed by atoms with Gasteiger partial charge in [-0.15, -0.1) is 0 Å². The predicted molar refractivity (Wildman–Crippen MR) is 46.0 cm³/mol. The van der Waals surface area contributed by atoms with E-state index >= 15 is 0 Å². The van der Waals surface area contributed by atoms with Crippen LogP contribution in [-0.2, 0) is 9.47 Å². The molecule has 1 fully saturated rings. The van der Waals surface area contributed by atoms with E-state index in [2.05, 4.69) is 0 Å². The molecule has 3 nitrogen and oxygen atoms in total. The normalized spacial score (nSPS) is 26.5. The Kier molecular flexibility index (Phi) is 3.98. The fourth-order valence-corrected chi connectivity index (χ4v) is 1.28. The second-order valence-electron chi connectivity index (χ2n) is 3.57. The van der Waals surface area contributed by atoms with E-state index < -0.39 is 0 Å². The topological polar surface area (TPSA) is 38.7 Å². The van der Waals surface area contributed by atoms with Gasteiger partial charge in [0.05, 0.1) is 25.4 Å². The van der Waals surface area contributed by atoms with Crippen molar-refractivity contribution in [1.82, 2.24) is 0 Å². The zero-order valence-electron chi connectivity index (χ0n) is 7.82. The average molecular weight is 174 g/mol. The van der Waals surface area contributed by atoms with Crippen LogP contribution >= 0.6 is 0 Å².